The van der Waals surface area contributed by atoms with E-state index < -0.39 is 29.2 Å². The molecule has 0 aliphatic rings. The lowest BCUT2D eigenvalue weighted by Crippen LogP contribution is -2.34. The van der Waals surface area contributed by atoms with Gasteiger partial charge in [-0.05, 0) is 12.1 Å². The Morgan fingerprint density at radius 3 is 2.78 bits per heavy atom. The molecule has 0 radical (unpaired) electrons. The Kier molecular flexibility index (Phi) is 5.33. The first-order valence-corrected chi connectivity index (χ1v) is 7.87. The standard InChI is InChI=1S/C11H10FN5O4S2/c12-6-3-5(1-2-7(6)15-11(20)16-13)23(21)17-9-8(10(18)19)14-4-22-9/h1-4,17H,13H2,(H,18,19)(H2,15,16,20). The predicted octanol–water partition coefficient (Wildman–Crippen LogP) is 1.11. The quantitative estimate of drug-likeness (QED) is 0.232. The van der Waals surface area contributed by atoms with Crippen LogP contribution in [0.1, 0.15) is 10.5 Å². The van der Waals surface area contributed by atoms with Crippen LogP contribution in [0.2, 0.25) is 0 Å². The first-order chi connectivity index (χ1) is 10.9. The molecule has 0 saturated heterocycles. The second-order valence-electron chi connectivity index (χ2n) is 3.95. The number of aromatic carboxylic acids is 1. The molecule has 9 nitrogen and oxygen atoms in total. The molecule has 2 aromatic rings. The van der Waals surface area contributed by atoms with Crippen LogP contribution in [-0.4, -0.2) is 26.6 Å². The molecule has 12 heteroatoms. The predicted molar refractivity (Wildman–Crippen MR) is 81.8 cm³/mol. The smallest absolute Gasteiger partial charge is 0.357 e. The fraction of sp³-hybridized carbons (Fsp3) is 0. The Morgan fingerprint density at radius 2 is 2.17 bits per heavy atom. The van der Waals surface area contributed by atoms with Gasteiger partial charge < -0.3 is 15.0 Å². The zero-order valence-corrected chi connectivity index (χ0v) is 12.8. The fourth-order valence-corrected chi connectivity index (χ4v) is 3.20. The second kappa shape index (κ2) is 7.23. The molecule has 1 unspecified atom stereocenters. The van der Waals surface area contributed by atoms with Crippen LogP contribution in [0, 0.1) is 5.82 Å². The lowest BCUT2D eigenvalue weighted by molar-refractivity contribution is 0.0692. The number of rotatable bonds is 5. The number of nitrogens with zero attached hydrogens (tertiary/aromatic N) is 1. The molecule has 23 heavy (non-hydrogen) atoms. The lowest BCUT2D eigenvalue weighted by Gasteiger charge is -2.12. The number of benzene rings is 1. The third kappa shape index (κ3) is 4.07. The average molecular weight is 359 g/mol. The van der Waals surface area contributed by atoms with E-state index in [0.717, 1.165) is 17.4 Å². The summed E-state index contributed by atoms with van der Waals surface area (Å²) < 4.78 is 28.4. The molecule has 0 aliphatic carbocycles. The van der Waals surface area contributed by atoms with E-state index in [1.54, 1.807) is 5.43 Å². The third-order valence-electron chi connectivity index (χ3n) is 2.49. The Balaban J connectivity index is 2.15. The first-order valence-electron chi connectivity index (χ1n) is 5.84. The van der Waals surface area contributed by atoms with Gasteiger partial charge in [0.2, 0.25) is 0 Å². The monoisotopic (exact) mass is 359 g/mol. The van der Waals surface area contributed by atoms with Crippen LogP contribution in [0.15, 0.2) is 28.6 Å². The van der Waals surface area contributed by atoms with Gasteiger partial charge in [-0.2, -0.15) is 4.72 Å². The molecule has 6 N–H and O–H groups in total. The van der Waals surface area contributed by atoms with Gasteiger partial charge in [0.1, 0.15) is 11.4 Å². The van der Waals surface area contributed by atoms with Gasteiger partial charge in [0, 0.05) is 6.07 Å². The van der Waals surface area contributed by atoms with Crippen molar-refractivity contribution in [2.45, 2.75) is 4.90 Å². The van der Waals surface area contributed by atoms with E-state index in [1.807, 2.05) is 0 Å². The van der Waals surface area contributed by atoms with E-state index in [4.69, 9.17) is 10.9 Å². The maximum absolute atomic E-state index is 13.8. The van der Waals surface area contributed by atoms with E-state index in [9.17, 15) is 18.5 Å². The number of anilines is 2. The van der Waals surface area contributed by atoms with Crippen molar-refractivity contribution in [3.05, 3.63) is 35.2 Å². The highest BCUT2D eigenvalue weighted by atomic mass is 32.2. The summed E-state index contributed by atoms with van der Waals surface area (Å²) in [5.74, 6) is 2.76. The summed E-state index contributed by atoms with van der Waals surface area (Å²) >= 11 is -0.958. The van der Waals surface area contributed by atoms with Crippen LogP contribution in [0.4, 0.5) is 19.9 Å². The normalized spacial score (nSPS) is 11.6. The van der Waals surface area contributed by atoms with Crippen LogP contribution in [0.3, 0.4) is 0 Å². The summed E-state index contributed by atoms with van der Waals surface area (Å²) in [7, 11) is 0. The molecule has 0 saturated carbocycles. The summed E-state index contributed by atoms with van der Waals surface area (Å²) in [5, 5.41) is 11.1. The van der Waals surface area contributed by atoms with Crippen LogP contribution >= 0.6 is 11.3 Å². The van der Waals surface area contributed by atoms with Crippen molar-refractivity contribution in [3.8, 4) is 0 Å². The Hall–Kier alpha value is -2.41. The van der Waals surface area contributed by atoms with Gasteiger partial charge in [0.05, 0.1) is 11.2 Å². The minimum absolute atomic E-state index is 0.0472. The zero-order chi connectivity index (χ0) is 17.0. The van der Waals surface area contributed by atoms with E-state index in [1.165, 1.54) is 17.6 Å². The van der Waals surface area contributed by atoms with Crippen molar-refractivity contribution < 1.29 is 23.6 Å². The van der Waals surface area contributed by atoms with Crippen molar-refractivity contribution in [2.75, 3.05) is 10.0 Å². The van der Waals surface area contributed by atoms with E-state index in [0.29, 0.717) is 0 Å². The highest BCUT2D eigenvalue weighted by Crippen LogP contribution is 2.25. The number of aromatic nitrogens is 1. The van der Waals surface area contributed by atoms with Crippen molar-refractivity contribution in [2.24, 2.45) is 5.84 Å². The minimum Gasteiger partial charge on any atom is -0.588 e. The highest BCUT2D eigenvalue weighted by Gasteiger charge is 2.21. The van der Waals surface area contributed by atoms with Gasteiger partial charge in [0.15, 0.2) is 21.4 Å². The third-order valence-corrected chi connectivity index (χ3v) is 4.43. The largest absolute Gasteiger partial charge is 0.588 e. The maximum Gasteiger partial charge on any atom is 0.357 e. The molecule has 1 heterocycles. The van der Waals surface area contributed by atoms with Gasteiger partial charge in [0.25, 0.3) is 0 Å². The number of hydrogen-bond acceptors (Lipinski definition) is 7. The Labute approximate surface area is 136 Å². The molecule has 122 valence electrons. The molecule has 0 fully saturated rings. The number of nitrogens with two attached hydrogens (primary N) is 1. The van der Waals surface area contributed by atoms with Crippen molar-refractivity contribution >= 4 is 45.4 Å². The number of hydrazine groups is 1. The number of carbonyl (C=O) groups excluding carboxylic acids is 1. The highest BCUT2D eigenvalue weighted by molar-refractivity contribution is 7.93. The summed E-state index contributed by atoms with van der Waals surface area (Å²) in [6.07, 6.45) is 0. The van der Waals surface area contributed by atoms with Crippen molar-refractivity contribution in [3.63, 3.8) is 0 Å². The number of thiazole rings is 1. The number of carboxylic acids is 1. The van der Waals surface area contributed by atoms with Crippen LogP contribution < -0.4 is 21.3 Å². The molecule has 2 amide bonds. The van der Waals surface area contributed by atoms with Crippen molar-refractivity contribution in [1.29, 1.82) is 0 Å². The Bertz CT molecular complexity index is 741. The van der Waals surface area contributed by atoms with Crippen LogP contribution in [-0.2, 0) is 11.4 Å². The van der Waals surface area contributed by atoms with Gasteiger partial charge >= 0.3 is 12.0 Å². The summed E-state index contributed by atoms with van der Waals surface area (Å²) in [6.45, 7) is 0. The van der Waals surface area contributed by atoms with E-state index >= 15 is 0 Å². The molecule has 1 aromatic heterocycles. The molecule has 0 aliphatic heterocycles. The molecule has 1 aromatic carbocycles. The summed E-state index contributed by atoms with van der Waals surface area (Å²) in [5.41, 5.74) is 2.62. The lowest BCUT2D eigenvalue weighted by atomic mass is 10.3. The van der Waals surface area contributed by atoms with Gasteiger partial charge in [-0.1, -0.05) is 0 Å². The van der Waals surface area contributed by atoms with Gasteiger partial charge in [-0.25, -0.2) is 24.8 Å². The van der Waals surface area contributed by atoms with Crippen LogP contribution in [0.5, 0.6) is 0 Å². The second-order valence-corrected chi connectivity index (χ2v) is 6.01. The molecule has 0 bridgehead atoms. The molecule has 0 spiro atoms. The minimum atomic E-state index is -1.91. The topological polar surface area (TPSA) is 152 Å². The van der Waals surface area contributed by atoms with Crippen molar-refractivity contribution in [1.82, 2.24) is 10.4 Å². The molecule has 1 atom stereocenters. The van der Waals surface area contributed by atoms with E-state index in [-0.39, 0.29) is 21.3 Å². The molecule has 2 rings (SSSR count). The summed E-state index contributed by atoms with van der Waals surface area (Å²) in [4.78, 5) is 25.6. The number of carbonyl (C=O) groups is 2. The fourth-order valence-electron chi connectivity index (χ4n) is 1.48. The number of halogens is 1. The number of nitrogens with one attached hydrogen (secondary N) is 3. The van der Waals surface area contributed by atoms with Crippen LogP contribution in [0.25, 0.3) is 0 Å². The first kappa shape index (κ1) is 17.0. The maximum atomic E-state index is 13.8. The number of hydrogen-bond donors (Lipinski definition) is 5. The average Bonchev–Trinajstić information content (AvgIpc) is 2.97. The number of carboxylic acid groups (broad SMARTS) is 1. The zero-order valence-electron chi connectivity index (χ0n) is 11.2. The van der Waals surface area contributed by atoms with E-state index in [2.05, 4.69) is 15.0 Å². The van der Waals surface area contributed by atoms with Gasteiger partial charge in [-0.15, -0.1) is 11.3 Å². The SMILES string of the molecule is NNC(=O)Nc1ccc([S+]([O-])Nc2scnc2C(=O)O)cc1F. The van der Waals surface area contributed by atoms with Gasteiger partial charge in [-0.3, -0.25) is 5.43 Å². The number of urea groups is 1. The molecular formula is C11H10FN5O4S2. The Morgan fingerprint density at radius 1 is 1.43 bits per heavy atom. The summed E-state index contributed by atoms with van der Waals surface area (Å²) in [6, 6.07) is 2.63. The molecular weight excluding hydrogens is 349 g/mol. The number of amides is 2.